The lowest BCUT2D eigenvalue weighted by molar-refractivity contribution is 0.0979. The molecule has 0 saturated heterocycles. The van der Waals surface area contributed by atoms with Crippen molar-refractivity contribution in [2.45, 2.75) is 13.3 Å². The molecule has 0 radical (unpaired) electrons. The number of nitrogens with one attached hydrogen (secondary N) is 1. The predicted molar refractivity (Wildman–Crippen MR) is 118 cm³/mol. The summed E-state index contributed by atoms with van der Waals surface area (Å²) in [6, 6.07) is 24.3. The molecule has 1 aliphatic rings. The number of carbonyl (C=O) groups is 2. The molecular formula is C25H21N3O2. The van der Waals surface area contributed by atoms with Gasteiger partial charge in [-0.2, -0.15) is 5.10 Å². The van der Waals surface area contributed by atoms with Gasteiger partial charge in [-0.25, -0.2) is 0 Å². The van der Waals surface area contributed by atoms with Crippen molar-refractivity contribution >= 4 is 17.4 Å². The number of nitrogens with zero attached hydrogens (tertiary/aromatic N) is 1. The summed E-state index contributed by atoms with van der Waals surface area (Å²) in [6.07, 6.45) is 0.858. The zero-order valence-corrected chi connectivity index (χ0v) is 16.6. The normalized spacial score (nSPS) is 11.9. The van der Waals surface area contributed by atoms with Crippen molar-refractivity contribution in [1.82, 2.24) is 10.2 Å². The quantitative estimate of drug-likeness (QED) is 0.454. The number of aromatic nitrogens is 2. The molecule has 148 valence electrons. The lowest BCUT2D eigenvalue weighted by atomic mass is 9.83. The third-order valence-electron chi connectivity index (χ3n) is 5.08. The molecule has 0 saturated carbocycles. The number of aryl methyl sites for hydroxylation is 1. The Morgan fingerprint density at radius 2 is 1.37 bits per heavy atom. The van der Waals surface area contributed by atoms with E-state index >= 15 is 0 Å². The lowest BCUT2D eigenvalue weighted by Crippen LogP contribution is -2.20. The highest BCUT2D eigenvalue weighted by Crippen LogP contribution is 2.27. The molecule has 0 bridgehead atoms. The fourth-order valence-electron chi connectivity index (χ4n) is 3.47. The fraction of sp³-hybridized carbons (Fsp3) is 0.0800. The highest BCUT2D eigenvalue weighted by Gasteiger charge is 2.28. The average Bonchev–Trinajstić information content (AvgIpc) is 3.24. The zero-order chi connectivity index (χ0) is 21.1. The Morgan fingerprint density at radius 3 is 1.97 bits per heavy atom. The van der Waals surface area contributed by atoms with Crippen LogP contribution in [0.4, 0.5) is 5.82 Å². The molecule has 0 aliphatic heterocycles. The van der Waals surface area contributed by atoms with E-state index in [-0.39, 0.29) is 11.6 Å². The molecule has 0 atom stereocenters. The van der Waals surface area contributed by atoms with E-state index in [2.05, 4.69) is 10.2 Å². The molecule has 30 heavy (non-hydrogen) atoms. The maximum absolute atomic E-state index is 12.4. The first kappa shape index (κ1) is 19.3. The number of carbonyl (C=O) groups excluding carboxylic acids is 2. The molecule has 5 rings (SSSR count). The summed E-state index contributed by atoms with van der Waals surface area (Å²) in [5, 5.41) is 6.69. The second-order valence-corrected chi connectivity index (χ2v) is 7.01. The highest BCUT2D eigenvalue weighted by atomic mass is 16.1. The van der Waals surface area contributed by atoms with Crippen LogP contribution in [0.5, 0.6) is 0 Å². The number of aromatic amines is 1. The highest BCUT2D eigenvalue weighted by molar-refractivity contribution is 6.28. The standard InChI is InChI=1S/C16H12O2.C9H9N3/c1-2-10-7-8-13-14(9-10)16(18)12-6-4-3-5-11(12)15(13)17;10-9-6-8(11-12-9)7-4-2-1-3-5-7/h3-9H,2H2,1H3;1-6H,(H3,10,11,12). The van der Waals surface area contributed by atoms with Gasteiger partial charge in [0.2, 0.25) is 0 Å². The Labute approximate surface area is 174 Å². The van der Waals surface area contributed by atoms with Gasteiger partial charge in [-0.15, -0.1) is 0 Å². The smallest absolute Gasteiger partial charge is 0.194 e. The monoisotopic (exact) mass is 395 g/mol. The lowest BCUT2D eigenvalue weighted by Gasteiger charge is -2.17. The van der Waals surface area contributed by atoms with Gasteiger partial charge >= 0.3 is 0 Å². The van der Waals surface area contributed by atoms with Crippen LogP contribution < -0.4 is 5.73 Å². The second-order valence-electron chi connectivity index (χ2n) is 7.01. The number of rotatable bonds is 2. The predicted octanol–water partition coefficient (Wildman–Crippen LogP) is 4.68. The van der Waals surface area contributed by atoms with Gasteiger partial charge in [-0.1, -0.05) is 73.7 Å². The maximum atomic E-state index is 12.4. The number of fused-ring (bicyclic) bond motifs is 2. The third kappa shape index (κ3) is 3.65. The molecule has 1 heterocycles. The van der Waals surface area contributed by atoms with E-state index in [1.807, 2.05) is 55.5 Å². The van der Waals surface area contributed by atoms with E-state index in [9.17, 15) is 9.59 Å². The Balaban J connectivity index is 0.000000158. The topological polar surface area (TPSA) is 88.8 Å². The number of hydrogen-bond donors (Lipinski definition) is 2. The van der Waals surface area contributed by atoms with Crippen molar-refractivity contribution in [2.24, 2.45) is 0 Å². The van der Waals surface area contributed by atoms with Crippen molar-refractivity contribution in [3.05, 3.63) is 107 Å². The Kier molecular flexibility index (Phi) is 5.26. The number of anilines is 1. The Hall–Kier alpha value is -3.99. The van der Waals surface area contributed by atoms with Crippen LogP contribution in [-0.4, -0.2) is 21.8 Å². The van der Waals surface area contributed by atoms with Crippen LogP contribution in [-0.2, 0) is 6.42 Å². The second kappa shape index (κ2) is 8.17. The van der Waals surface area contributed by atoms with Crippen LogP contribution in [0.2, 0.25) is 0 Å². The maximum Gasteiger partial charge on any atom is 0.194 e. The van der Waals surface area contributed by atoms with Gasteiger partial charge in [-0.3, -0.25) is 14.7 Å². The van der Waals surface area contributed by atoms with Gasteiger partial charge in [0.25, 0.3) is 0 Å². The number of nitrogens with two attached hydrogens (primary N) is 1. The molecule has 5 nitrogen and oxygen atoms in total. The minimum Gasteiger partial charge on any atom is -0.382 e. The first-order valence-corrected chi connectivity index (χ1v) is 9.76. The summed E-state index contributed by atoms with van der Waals surface area (Å²) in [6.45, 7) is 2.03. The molecule has 0 spiro atoms. The van der Waals surface area contributed by atoms with Gasteiger partial charge < -0.3 is 5.73 Å². The number of H-pyrrole nitrogens is 1. The van der Waals surface area contributed by atoms with Crippen LogP contribution in [0.1, 0.15) is 44.3 Å². The molecule has 4 aromatic rings. The van der Waals surface area contributed by atoms with Gasteiger partial charge in [-0.05, 0) is 23.6 Å². The van der Waals surface area contributed by atoms with Crippen molar-refractivity contribution in [2.75, 3.05) is 5.73 Å². The van der Waals surface area contributed by atoms with Gasteiger partial charge in [0, 0.05) is 28.3 Å². The summed E-state index contributed by atoms with van der Waals surface area (Å²) in [4.78, 5) is 24.7. The van der Waals surface area contributed by atoms with Gasteiger partial charge in [0.15, 0.2) is 11.6 Å². The van der Waals surface area contributed by atoms with Crippen molar-refractivity contribution in [3.8, 4) is 11.3 Å². The van der Waals surface area contributed by atoms with Crippen LogP contribution in [0.3, 0.4) is 0 Å². The first-order valence-electron chi connectivity index (χ1n) is 9.76. The number of ketones is 2. The van der Waals surface area contributed by atoms with Crippen LogP contribution in [0, 0.1) is 0 Å². The van der Waals surface area contributed by atoms with E-state index in [1.54, 1.807) is 30.3 Å². The molecule has 3 N–H and O–H groups in total. The molecule has 0 amide bonds. The molecule has 1 aromatic heterocycles. The van der Waals surface area contributed by atoms with Crippen molar-refractivity contribution < 1.29 is 9.59 Å². The summed E-state index contributed by atoms with van der Waals surface area (Å²) in [5.41, 5.74) is 10.7. The minimum absolute atomic E-state index is 0.0458. The summed E-state index contributed by atoms with van der Waals surface area (Å²) < 4.78 is 0. The van der Waals surface area contributed by atoms with Gasteiger partial charge in [0.1, 0.15) is 5.82 Å². The number of hydrogen-bond acceptors (Lipinski definition) is 4. The SMILES string of the molecule is CCc1ccc2c(c1)C(=O)c1ccccc1C2=O.Nc1cc(-c2ccccc2)[nH]n1. The molecule has 5 heteroatoms. The molecular weight excluding hydrogens is 374 g/mol. The summed E-state index contributed by atoms with van der Waals surface area (Å²) >= 11 is 0. The average molecular weight is 395 g/mol. The van der Waals surface area contributed by atoms with Crippen molar-refractivity contribution in [1.29, 1.82) is 0 Å². The Morgan fingerprint density at radius 1 is 0.767 bits per heavy atom. The van der Waals surface area contributed by atoms with Crippen LogP contribution >= 0.6 is 0 Å². The van der Waals surface area contributed by atoms with E-state index in [0.29, 0.717) is 28.1 Å². The molecule has 0 unspecified atom stereocenters. The summed E-state index contributed by atoms with van der Waals surface area (Å²) in [5.74, 6) is 0.423. The minimum atomic E-state index is -0.0529. The summed E-state index contributed by atoms with van der Waals surface area (Å²) in [7, 11) is 0. The zero-order valence-electron chi connectivity index (χ0n) is 16.6. The molecule has 3 aromatic carbocycles. The van der Waals surface area contributed by atoms with Crippen molar-refractivity contribution in [3.63, 3.8) is 0 Å². The van der Waals surface area contributed by atoms with Gasteiger partial charge in [0.05, 0.1) is 5.69 Å². The number of benzene rings is 3. The third-order valence-corrected chi connectivity index (χ3v) is 5.08. The van der Waals surface area contributed by atoms with Crippen LogP contribution in [0.15, 0.2) is 78.9 Å². The molecule has 0 fully saturated rings. The molecule has 1 aliphatic carbocycles. The van der Waals surface area contributed by atoms with E-state index in [1.165, 1.54) is 0 Å². The van der Waals surface area contributed by atoms with Crippen LogP contribution in [0.25, 0.3) is 11.3 Å². The van der Waals surface area contributed by atoms with E-state index in [4.69, 9.17) is 5.73 Å². The largest absolute Gasteiger partial charge is 0.382 e. The van der Waals surface area contributed by atoms with E-state index < -0.39 is 0 Å². The first-order chi connectivity index (χ1) is 14.6. The Bertz CT molecular complexity index is 1230. The van der Waals surface area contributed by atoms with E-state index in [0.717, 1.165) is 23.2 Å². The number of nitrogen functional groups attached to an aromatic ring is 1. The fourth-order valence-corrected chi connectivity index (χ4v) is 3.47.